The van der Waals surface area contributed by atoms with Gasteiger partial charge in [-0.2, -0.15) is 0 Å². The van der Waals surface area contributed by atoms with E-state index in [1.807, 2.05) is 0 Å². The van der Waals surface area contributed by atoms with Crippen LogP contribution in [0.5, 0.6) is 0 Å². The first-order chi connectivity index (χ1) is 10.8. The molecule has 0 spiro atoms. The van der Waals surface area contributed by atoms with Crippen LogP contribution in [0.1, 0.15) is 32.1 Å². The number of aryl methyl sites for hydroxylation is 2. The quantitative estimate of drug-likeness (QED) is 0.575. The van der Waals surface area contributed by atoms with Gasteiger partial charge in [-0.3, -0.25) is 14.5 Å². The molecule has 0 aliphatic carbocycles. The Kier molecular flexibility index (Phi) is 4.55. The first-order valence-corrected chi connectivity index (χ1v) is 6.47. The van der Waals surface area contributed by atoms with E-state index in [4.69, 9.17) is 5.73 Å². The van der Waals surface area contributed by atoms with E-state index >= 15 is 0 Å². The van der Waals surface area contributed by atoms with E-state index in [0.717, 1.165) is 0 Å². The van der Waals surface area contributed by atoms with Crippen molar-refractivity contribution in [3.05, 3.63) is 35.0 Å². The minimum Gasteiger partial charge on any atom is -0.465 e. The molecule has 0 fully saturated rings. The molecular formula is C13H14N4O6. The van der Waals surface area contributed by atoms with Crippen LogP contribution in [0.3, 0.4) is 0 Å². The van der Waals surface area contributed by atoms with Gasteiger partial charge in [-0.1, -0.05) is 10.3 Å². The molecule has 1 amide bonds. The number of nitrogens with two attached hydrogens (primary N) is 1. The van der Waals surface area contributed by atoms with Crippen molar-refractivity contribution >= 4 is 17.7 Å². The fourth-order valence-electron chi connectivity index (χ4n) is 1.88. The number of Topliss-reactive ketones (excluding diaryl/α,β-unsaturated/α-hetero) is 2. The molecule has 0 aromatic carbocycles. The summed E-state index contributed by atoms with van der Waals surface area (Å²) in [5, 5.41) is 16.2. The Morgan fingerprint density at radius 3 is 2.13 bits per heavy atom. The molecule has 1 atom stereocenters. The molecule has 0 aliphatic rings. The predicted molar refractivity (Wildman–Crippen MR) is 73.8 cm³/mol. The Labute approximate surface area is 129 Å². The van der Waals surface area contributed by atoms with Gasteiger partial charge in [0.05, 0.1) is 6.54 Å². The Morgan fingerprint density at radius 1 is 1.17 bits per heavy atom. The minimum atomic E-state index is -1.60. The van der Waals surface area contributed by atoms with Crippen LogP contribution >= 0.6 is 0 Å². The molecule has 0 saturated carbocycles. The van der Waals surface area contributed by atoms with Gasteiger partial charge in [0.1, 0.15) is 18.7 Å². The number of aromatic nitrogens is 2. The normalized spacial score (nSPS) is 12.0. The van der Waals surface area contributed by atoms with Crippen molar-refractivity contribution in [1.82, 2.24) is 15.2 Å². The molecule has 3 N–H and O–H groups in total. The summed E-state index contributed by atoms with van der Waals surface area (Å²) in [4.78, 5) is 36.2. The van der Waals surface area contributed by atoms with E-state index < -0.39 is 30.4 Å². The van der Waals surface area contributed by atoms with Crippen molar-refractivity contribution < 1.29 is 28.5 Å². The summed E-state index contributed by atoms with van der Waals surface area (Å²) in [6, 6.07) is 0. The van der Waals surface area contributed by atoms with Crippen molar-refractivity contribution in [2.24, 2.45) is 5.73 Å². The number of amides is 1. The van der Waals surface area contributed by atoms with Gasteiger partial charge >= 0.3 is 6.09 Å². The summed E-state index contributed by atoms with van der Waals surface area (Å²) in [6.45, 7) is 2.50. The number of hydrogen-bond donors (Lipinski definition) is 2. The van der Waals surface area contributed by atoms with Crippen LogP contribution in [-0.4, -0.2) is 50.7 Å². The highest BCUT2D eigenvalue weighted by Gasteiger charge is 2.32. The number of carbonyl (C=O) groups is 3. The fourth-order valence-corrected chi connectivity index (χ4v) is 1.88. The van der Waals surface area contributed by atoms with Crippen LogP contribution in [-0.2, 0) is 0 Å². The topological polar surface area (TPSA) is 153 Å². The van der Waals surface area contributed by atoms with Crippen molar-refractivity contribution in [3.63, 3.8) is 0 Å². The third-order valence-corrected chi connectivity index (χ3v) is 3.16. The summed E-state index contributed by atoms with van der Waals surface area (Å²) in [7, 11) is 0. The standard InChI is InChI=1S/C13H14N4O6/c1-6-4-22-15-9(6)8(18)3-17(13(20)21)12(14)11(19)10-7(2)5-23-16-10/h4-5,12H,3,14H2,1-2H3,(H,20,21). The smallest absolute Gasteiger partial charge is 0.409 e. The molecule has 23 heavy (non-hydrogen) atoms. The highest BCUT2D eigenvalue weighted by molar-refractivity contribution is 6.02. The van der Waals surface area contributed by atoms with Crippen LogP contribution in [0.25, 0.3) is 0 Å². The van der Waals surface area contributed by atoms with Crippen LogP contribution in [0, 0.1) is 13.8 Å². The SMILES string of the molecule is Cc1conc1C(=O)CN(C(=O)O)C(N)C(=O)c1nocc1C. The van der Waals surface area contributed by atoms with Gasteiger partial charge in [0.2, 0.25) is 11.6 Å². The monoisotopic (exact) mass is 322 g/mol. The van der Waals surface area contributed by atoms with Gasteiger partial charge in [-0.25, -0.2) is 4.79 Å². The molecule has 2 rings (SSSR count). The molecule has 1 unspecified atom stereocenters. The Hall–Kier alpha value is -3.01. The van der Waals surface area contributed by atoms with Crippen molar-refractivity contribution in [2.75, 3.05) is 6.54 Å². The summed E-state index contributed by atoms with van der Waals surface area (Å²) < 4.78 is 9.26. The van der Waals surface area contributed by atoms with Gasteiger partial charge in [0.15, 0.2) is 11.4 Å². The molecular weight excluding hydrogens is 308 g/mol. The molecule has 0 saturated heterocycles. The van der Waals surface area contributed by atoms with Crippen LogP contribution < -0.4 is 5.73 Å². The van der Waals surface area contributed by atoms with Gasteiger partial charge in [-0.05, 0) is 13.8 Å². The molecule has 10 nitrogen and oxygen atoms in total. The maximum absolute atomic E-state index is 12.2. The number of carbonyl (C=O) groups excluding carboxylic acids is 2. The summed E-state index contributed by atoms with van der Waals surface area (Å²) >= 11 is 0. The van der Waals surface area contributed by atoms with Crippen molar-refractivity contribution in [2.45, 2.75) is 20.0 Å². The Morgan fingerprint density at radius 2 is 1.70 bits per heavy atom. The van der Waals surface area contributed by atoms with E-state index in [9.17, 15) is 19.5 Å². The van der Waals surface area contributed by atoms with Gasteiger partial charge in [0, 0.05) is 11.1 Å². The summed E-state index contributed by atoms with van der Waals surface area (Å²) in [5.41, 5.74) is 6.43. The first-order valence-electron chi connectivity index (χ1n) is 6.47. The molecule has 122 valence electrons. The van der Waals surface area contributed by atoms with Crippen LogP contribution in [0.4, 0.5) is 4.79 Å². The van der Waals surface area contributed by atoms with E-state index in [1.165, 1.54) is 12.5 Å². The van der Waals surface area contributed by atoms with Gasteiger partial charge < -0.3 is 19.9 Å². The average molecular weight is 322 g/mol. The molecule has 2 aromatic heterocycles. The van der Waals surface area contributed by atoms with Crippen molar-refractivity contribution in [1.29, 1.82) is 0 Å². The largest absolute Gasteiger partial charge is 0.465 e. The third-order valence-electron chi connectivity index (χ3n) is 3.16. The zero-order chi connectivity index (χ0) is 17.1. The van der Waals surface area contributed by atoms with Gasteiger partial charge in [-0.15, -0.1) is 0 Å². The molecule has 0 aliphatic heterocycles. The molecule has 0 radical (unpaired) electrons. The Bertz CT molecular complexity index is 749. The number of carboxylic acid groups (broad SMARTS) is 1. The van der Waals surface area contributed by atoms with Gasteiger partial charge in [0.25, 0.3) is 0 Å². The second-order valence-electron chi connectivity index (χ2n) is 4.84. The highest BCUT2D eigenvalue weighted by Crippen LogP contribution is 2.12. The lowest BCUT2D eigenvalue weighted by atomic mass is 10.1. The predicted octanol–water partition coefficient (Wildman–Crippen LogP) is 0.610. The molecule has 2 aromatic rings. The zero-order valence-corrected chi connectivity index (χ0v) is 12.3. The van der Waals surface area contributed by atoms with E-state index in [1.54, 1.807) is 13.8 Å². The number of ketones is 2. The average Bonchev–Trinajstić information content (AvgIpc) is 3.11. The summed E-state index contributed by atoms with van der Waals surface area (Å²) in [5.74, 6) is -1.41. The minimum absolute atomic E-state index is 0.0199. The maximum atomic E-state index is 12.2. The summed E-state index contributed by atoms with van der Waals surface area (Å²) in [6.07, 6.45) is -0.647. The maximum Gasteiger partial charge on any atom is 0.409 e. The fraction of sp³-hybridized carbons (Fsp3) is 0.308. The van der Waals surface area contributed by atoms with E-state index in [2.05, 4.69) is 19.4 Å². The lowest BCUT2D eigenvalue weighted by Crippen LogP contribution is -2.52. The zero-order valence-electron chi connectivity index (χ0n) is 12.3. The third kappa shape index (κ3) is 3.26. The lowest BCUT2D eigenvalue weighted by molar-refractivity contribution is 0.0732. The second kappa shape index (κ2) is 6.40. The number of rotatable bonds is 6. The van der Waals surface area contributed by atoms with Crippen molar-refractivity contribution in [3.8, 4) is 0 Å². The second-order valence-corrected chi connectivity index (χ2v) is 4.84. The van der Waals surface area contributed by atoms with Crippen LogP contribution in [0.15, 0.2) is 21.6 Å². The number of hydrogen-bond acceptors (Lipinski definition) is 8. The first kappa shape index (κ1) is 16.4. The Balaban J connectivity index is 2.20. The molecule has 10 heteroatoms. The van der Waals surface area contributed by atoms with E-state index in [0.29, 0.717) is 16.0 Å². The lowest BCUT2D eigenvalue weighted by Gasteiger charge is -2.23. The van der Waals surface area contributed by atoms with Crippen LogP contribution in [0.2, 0.25) is 0 Å². The van der Waals surface area contributed by atoms with E-state index in [-0.39, 0.29) is 11.4 Å². The highest BCUT2D eigenvalue weighted by atomic mass is 16.5. The molecule has 0 bridgehead atoms. The molecule has 2 heterocycles. The number of nitrogens with zero attached hydrogens (tertiary/aromatic N) is 3.